The normalized spacial score (nSPS) is 19.4. The van der Waals surface area contributed by atoms with Gasteiger partial charge < -0.3 is 10.1 Å². The minimum atomic E-state index is -0.0608. The lowest BCUT2D eigenvalue weighted by molar-refractivity contribution is -0.0340. The summed E-state index contributed by atoms with van der Waals surface area (Å²) in [6.45, 7) is 2.08. The van der Waals surface area contributed by atoms with Gasteiger partial charge in [-0.15, -0.1) is 0 Å². The highest BCUT2D eigenvalue weighted by Gasteiger charge is 2.41. The van der Waals surface area contributed by atoms with Crippen molar-refractivity contribution in [1.29, 1.82) is 0 Å². The monoisotopic (exact) mass is 299 g/mol. The Kier molecular flexibility index (Phi) is 5.10. The van der Waals surface area contributed by atoms with Crippen molar-refractivity contribution in [3.05, 3.63) is 16.4 Å². The fourth-order valence-corrected chi connectivity index (χ4v) is 3.83. The van der Waals surface area contributed by atoms with E-state index >= 15 is 0 Å². The predicted octanol–water partition coefficient (Wildman–Crippen LogP) is 2.73. The van der Waals surface area contributed by atoms with E-state index in [0.717, 1.165) is 42.1 Å². The minimum absolute atomic E-state index is 0.0608. The number of aromatic nitrogens is 2. The van der Waals surface area contributed by atoms with E-state index in [2.05, 4.69) is 17.3 Å². The van der Waals surface area contributed by atoms with E-state index in [9.17, 15) is 0 Å². The van der Waals surface area contributed by atoms with E-state index in [0.29, 0.717) is 0 Å². The van der Waals surface area contributed by atoms with Crippen LogP contribution < -0.4 is 5.32 Å². The third-order valence-corrected chi connectivity index (χ3v) is 5.18. The molecule has 1 aromatic heterocycles. The molecule has 0 aliphatic heterocycles. The Hall–Kier alpha value is -0.580. The van der Waals surface area contributed by atoms with Gasteiger partial charge in [-0.05, 0) is 26.3 Å². The van der Waals surface area contributed by atoms with Crippen LogP contribution in [-0.2, 0) is 24.6 Å². The molecule has 0 radical (unpaired) electrons. The van der Waals surface area contributed by atoms with Gasteiger partial charge in [-0.25, -0.2) is 0 Å². The predicted molar refractivity (Wildman–Crippen MR) is 82.4 cm³/mol. The van der Waals surface area contributed by atoms with Gasteiger partial charge in [0, 0.05) is 26.6 Å². The van der Waals surface area contributed by atoms with Gasteiger partial charge in [0.25, 0.3) is 0 Å². The minimum Gasteiger partial charge on any atom is -0.377 e. The SMILES string of the molecule is CCc1nn(C)c(CC(NC)C2(OC)CCCC2)c1Cl. The van der Waals surface area contributed by atoms with Crippen LogP contribution in [0, 0.1) is 0 Å². The first-order valence-electron chi connectivity index (χ1n) is 7.50. The topological polar surface area (TPSA) is 39.1 Å². The molecule has 0 spiro atoms. The molecule has 1 heterocycles. The third kappa shape index (κ3) is 2.74. The molecule has 0 bridgehead atoms. The Morgan fingerprint density at radius 1 is 1.45 bits per heavy atom. The van der Waals surface area contributed by atoms with E-state index in [1.807, 2.05) is 25.9 Å². The van der Waals surface area contributed by atoms with Crippen LogP contribution in [0.25, 0.3) is 0 Å². The molecule has 1 saturated carbocycles. The quantitative estimate of drug-likeness (QED) is 0.878. The summed E-state index contributed by atoms with van der Waals surface area (Å²) < 4.78 is 7.82. The zero-order valence-electron chi connectivity index (χ0n) is 13.0. The van der Waals surface area contributed by atoms with E-state index in [4.69, 9.17) is 16.3 Å². The molecule has 2 rings (SSSR count). The molecular weight excluding hydrogens is 274 g/mol. The Balaban J connectivity index is 2.24. The summed E-state index contributed by atoms with van der Waals surface area (Å²) in [5.41, 5.74) is 2.03. The average Bonchev–Trinajstić information content (AvgIpc) is 3.03. The molecule has 0 amide bonds. The number of nitrogens with one attached hydrogen (secondary N) is 1. The van der Waals surface area contributed by atoms with Crippen LogP contribution in [0.2, 0.25) is 5.02 Å². The lowest BCUT2D eigenvalue weighted by Gasteiger charge is -2.36. The van der Waals surface area contributed by atoms with Crippen LogP contribution in [0.5, 0.6) is 0 Å². The van der Waals surface area contributed by atoms with Crippen molar-refractivity contribution in [1.82, 2.24) is 15.1 Å². The summed E-state index contributed by atoms with van der Waals surface area (Å²) in [5, 5.41) is 8.77. The van der Waals surface area contributed by atoms with Gasteiger partial charge in [0.05, 0.1) is 22.0 Å². The molecular formula is C15H26ClN3O. The molecule has 5 heteroatoms. The number of likely N-dealkylation sites (N-methyl/N-ethyl adjacent to an activating group) is 1. The van der Waals surface area contributed by atoms with Gasteiger partial charge in [-0.3, -0.25) is 4.68 Å². The Bertz CT molecular complexity index is 452. The summed E-state index contributed by atoms with van der Waals surface area (Å²) in [4.78, 5) is 0. The number of aryl methyl sites for hydroxylation is 2. The maximum absolute atomic E-state index is 6.47. The zero-order chi connectivity index (χ0) is 14.8. The Morgan fingerprint density at radius 2 is 2.10 bits per heavy atom. The van der Waals surface area contributed by atoms with E-state index in [1.54, 1.807) is 0 Å². The molecule has 1 aliphatic rings. The van der Waals surface area contributed by atoms with Crippen molar-refractivity contribution in [2.75, 3.05) is 14.2 Å². The zero-order valence-corrected chi connectivity index (χ0v) is 13.8. The third-order valence-electron chi connectivity index (χ3n) is 4.74. The van der Waals surface area contributed by atoms with Crippen molar-refractivity contribution in [3.63, 3.8) is 0 Å². The number of methoxy groups -OCH3 is 1. The van der Waals surface area contributed by atoms with Crippen LogP contribution in [0.1, 0.15) is 44.0 Å². The number of rotatable bonds is 6. The highest BCUT2D eigenvalue weighted by atomic mass is 35.5. The molecule has 0 aromatic carbocycles. The lowest BCUT2D eigenvalue weighted by Crippen LogP contribution is -2.50. The molecule has 1 atom stereocenters. The first-order chi connectivity index (χ1) is 9.57. The second-order valence-electron chi connectivity index (χ2n) is 5.71. The fourth-order valence-electron chi connectivity index (χ4n) is 3.45. The standard InChI is InChI=1S/C15H26ClN3O/c1-5-11-14(16)12(19(3)18-11)10-13(17-2)15(20-4)8-6-7-9-15/h13,17H,5-10H2,1-4H3. The van der Waals surface area contributed by atoms with Gasteiger partial charge >= 0.3 is 0 Å². The molecule has 20 heavy (non-hydrogen) atoms. The summed E-state index contributed by atoms with van der Waals surface area (Å²) in [5.74, 6) is 0. The van der Waals surface area contributed by atoms with Crippen molar-refractivity contribution in [3.8, 4) is 0 Å². The second kappa shape index (κ2) is 6.46. The number of nitrogens with zero attached hydrogens (tertiary/aromatic N) is 2. The summed E-state index contributed by atoms with van der Waals surface area (Å²) in [6.07, 6.45) is 6.44. The van der Waals surface area contributed by atoms with Gasteiger partial charge in [-0.2, -0.15) is 5.10 Å². The first kappa shape index (κ1) is 15.8. The summed E-state index contributed by atoms with van der Waals surface area (Å²) in [6, 6.07) is 0.271. The fraction of sp³-hybridized carbons (Fsp3) is 0.800. The van der Waals surface area contributed by atoms with Gasteiger partial charge in [0.1, 0.15) is 0 Å². The van der Waals surface area contributed by atoms with Gasteiger partial charge in [0.15, 0.2) is 0 Å². The molecule has 1 fully saturated rings. The maximum atomic E-state index is 6.47. The van der Waals surface area contributed by atoms with Gasteiger partial charge in [-0.1, -0.05) is 31.4 Å². The molecule has 4 nitrogen and oxygen atoms in total. The molecule has 1 unspecified atom stereocenters. The van der Waals surface area contributed by atoms with Crippen LogP contribution in [-0.4, -0.2) is 35.6 Å². The Labute approximate surface area is 126 Å². The largest absolute Gasteiger partial charge is 0.377 e. The maximum Gasteiger partial charge on any atom is 0.0850 e. The highest BCUT2D eigenvalue weighted by Crippen LogP contribution is 2.37. The summed E-state index contributed by atoms with van der Waals surface area (Å²) >= 11 is 6.47. The van der Waals surface area contributed by atoms with Gasteiger partial charge in [0.2, 0.25) is 0 Å². The van der Waals surface area contributed by atoms with E-state index in [-0.39, 0.29) is 11.6 Å². The molecule has 1 N–H and O–H groups in total. The average molecular weight is 300 g/mol. The van der Waals surface area contributed by atoms with E-state index in [1.165, 1.54) is 12.8 Å². The number of hydrogen-bond acceptors (Lipinski definition) is 3. The first-order valence-corrected chi connectivity index (χ1v) is 7.88. The van der Waals surface area contributed by atoms with Crippen LogP contribution >= 0.6 is 11.6 Å². The lowest BCUT2D eigenvalue weighted by atomic mass is 9.88. The van der Waals surface area contributed by atoms with Crippen molar-refractivity contribution >= 4 is 11.6 Å². The van der Waals surface area contributed by atoms with E-state index < -0.39 is 0 Å². The van der Waals surface area contributed by atoms with Crippen LogP contribution in [0.15, 0.2) is 0 Å². The molecule has 0 saturated heterocycles. The molecule has 1 aliphatic carbocycles. The molecule has 114 valence electrons. The van der Waals surface area contributed by atoms with Crippen molar-refractivity contribution in [2.45, 2.75) is 57.1 Å². The smallest absolute Gasteiger partial charge is 0.0850 e. The number of hydrogen-bond donors (Lipinski definition) is 1. The summed E-state index contributed by atoms with van der Waals surface area (Å²) in [7, 11) is 5.81. The number of ether oxygens (including phenoxy) is 1. The van der Waals surface area contributed by atoms with Crippen LogP contribution in [0.3, 0.4) is 0 Å². The molecule has 1 aromatic rings. The Morgan fingerprint density at radius 3 is 2.55 bits per heavy atom. The van der Waals surface area contributed by atoms with Crippen LogP contribution in [0.4, 0.5) is 0 Å². The number of halogens is 1. The van der Waals surface area contributed by atoms with Crippen molar-refractivity contribution in [2.24, 2.45) is 7.05 Å². The second-order valence-corrected chi connectivity index (χ2v) is 6.08. The van der Waals surface area contributed by atoms with Crippen molar-refractivity contribution < 1.29 is 4.74 Å². The highest BCUT2D eigenvalue weighted by molar-refractivity contribution is 6.31.